The molecular formula is C15H19NO4. The Kier molecular flexibility index (Phi) is 4.63. The average Bonchev–Trinajstić information content (AvgIpc) is 2.89. The van der Waals surface area contributed by atoms with Gasteiger partial charge in [-0.2, -0.15) is 0 Å². The van der Waals surface area contributed by atoms with Crippen LogP contribution in [0.2, 0.25) is 0 Å². The Morgan fingerprint density at radius 3 is 2.80 bits per heavy atom. The summed E-state index contributed by atoms with van der Waals surface area (Å²) in [5.74, 6) is 1.31. The Labute approximate surface area is 117 Å². The molecule has 1 N–H and O–H groups in total. The number of benzene rings is 1. The third-order valence-corrected chi connectivity index (χ3v) is 3.19. The molecule has 1 heterocycles. The fourth-order valence-corrected chi connectivity index (χ4v) is 2.05. The molecule has 2 aromatic rings. The van der Waals surface area contributed by atoms with Gasteiger partial charge in [0, 0.05) is 5.39 Å². The number of fused-ring (bicyclic) bond motifs is 1. The fraction of sp³-hybridized carbons (Fsp3) is 0.400. The van der Waals surface area contributed by atoms with Crippen LogP contribution in [0.25, 0.3) is 11.0 Å². The second-order valence-electron chi connectivity index (χ2n) is 4.48. The lowest BCUT2D eigenvalue weighted by Crippen LogP contribution is -2.36. The average molecular weight is 277 g/mol. The molecule has 0 unspecified atom stereocenters. The van der Waals surface area contributed by atoms with E-state index in [2.05, 4.69) is 5.32 Å². The molecule has 20 heavy (non-hydrogen) atoms. The van der Waals surface area contributed by atoms with Crippen molar-refractivity contribution in [2.24, 2.45) is 0 Å². The van der Waals surface area contributed by atoms with Crippen LogP contribution >= 0.6 is 0 Å². The molecule has 5 nitrogen and oxygen atoms in total. The van der Waals surface area contributed by atoms with Gasteiger partial charge in [0.1, 0.15) is 23.1 Å². The number of nitrogens with one attached hydrogen (secondary N) is 1. The number of hydrogen-bond acceptors (Lipinski definition) is 5. The lowest BCUT2D eigenvalue weighted by Gasteiger charge is -2.12. The van der Waals surface area contributed by atoms with Gasteiger partial charge in [-0.3, -0.25) is 10.1 Å². The Balaban J connectivity index is 2.08. The summed E-state index contributed by atoms with van der Waals surface area (Å²) in [6.45, 7) is 2.41. The summed E-state index contributed by atoms with van der Waals surface area (Å²) in [4.78, 5) is 11.5. The summed E-state index contributed by atoms with van der Waals surface area (Å²) in [6.07, 6.45) is 0.667. The van der Waals surface area contributed by atoms with Gasteiger partial charge in [-0.1, -0.05) is 6.92 Å². The largest absolute Gasteiger partial charge is 0.497 e. The Bertz CT molecular complexity index is 591. The zero-order valence-electron chi connectivity index (χ0n) is 11.9. The van der Waals surface area contributed by atoms with Gasteiger partial charge in [-0.15, -0.1) is 0 Å². The number of ether oxygens (including phenoxy) is 2. The molecule has 1 aromatic heterocycles. The van der Waals surface area contributed by atoms with Crippen molar-refractivity contribution >= 4 is 16.9 Å². The molecule has 2 rings (SSSR count). The van der Waals surface area contributed by atoms with Crippen molar-refractivity contribution in [2.45, 2.75) is 25.9 Å². The monoisotopic (exact) mass is 277 g/mol. The Morgan fingerprint density at radius 2 is 2.15 bits per heavy atom. The zero-order valence-corrected chi connectivity index (χ0v) is 11.9. The first kappa shape index (κ1) is 14.4. The molecule has 0 spiro atoms. The van der Waals surface area contributed by atoms with E-state index in [4.69, 9.17) is 13.9 Å². The number of carbonyl (C=O) groups is 1. The molecule has 0 saturated heterocycles. The molecule has 0 amide bonds. The van der Waals surface area contributed by atoms with Crippen LogP contribution in [0.5, 0.6) is 5.75 Å². The van der Waals surface area contributed by atoms with Crippen LogP contribution < -0.4 is 10.1 Å². The molecule has 0 aliphatic heterocycles. The van der Waals surface area contributed by atoms with E-state index in [1.807, 2.05) is 31.2 Å². The number of methoxy groups -OCH3 is 2. The Hall–Kier alpha value is -2.01. The molecule has 0 saturated carbocycles. The van der Waals surface area contributed by atoms with E-state index in [0.717, 1.165) is 22.5 Å². The van der Waals surface area contributed by atoms with Gasteiger partial charge in [0.2, 0.25) is 0 Å². The van der Waals surface area contributed by atoms with Gasteiger partial charge < -0.3 is 13.9 Å². The van der Waals surface area contributed by atoms with Crippen molar-refractivity contribution in [2.75, 3.05) is 14.2 Å². The van der Waals surface area contributed by atoms with E-state index in [1.165, 1.54) is 7.11 Å². The smallest absolute Gasteiger partial charge is 0.322 e. The first-order chi connectivity index (χ1) is 9.67. The molecule has 0 radical (unpaired) electrons. The van der Waals surface area contributed by atoms with Crippen molar-refractivity contribution in [3.05, 3.63) is 30.0 Å². The standard InChI is InChI=1S/C15H19NO4/c1-4-13(15(17)19-3)16-9-12-8-10-7-11(18-2)5-6-14(10)20-12/h5-8,13,16H,4,9H2,1-3H3/t13-/m1/s1. The van der Waals surface area contributed by atoms with Gasteiger partial charge in [0.25, 0.3) is 0 Å². The first-order valence-corrected chi connectivity index (χ1v) is 6.55. The summed E-state index contributed by atoms with van der Waals surface area (Å²) < 4.78 is 15.6. The van der Waals surface area contributed by atoms with Gasteiger partial charge in [0.05, 0.1) is 20.8 Å². The quantitative estimate of drug-likeness (QED) is 0.822. The van der Waals surface area contributed by atoms with E-state index >= 15 is 0 Å². The highest BCUT2D eigenvalue weighted by Crippen LogP contribution is 2.24. The molecule has 1 atom stereocenters. The van der Waals surface area contributed by atoms with Crippen LogP contribution in [0.15, 0.2) is 28.7 Å². The molecular weight excluding hydrogens is 258 g/mol. The SMILES string of the molecule is CC[C@@H](NCc1cc2cc(OC)ccc2o1)C(=O)OC. The molecule has 0 bridgehead atoms. The predicted molar refractivity (Wildman–Crippen MR) is 75.7 cm³/mol. The molecule has 1 aromatic carbocycles. The van der Waals surface area contributed by atoms with Crippen molar-refractivity contribution in [3.63, 3.8) is 0 Å². The first-order valence-electron chi connectivity index (χ1n) is 6.55. The van der Waals surface area contributed by atoms with E-state index < -0.39 is 0 Å². The van der Waals surface area contributed by atoms with Crippen LogP contribution in [0.1, 0.15) is 19.1 Å². The maximum Gasteiger partial charge on any atom is 0.322 e. The van der Waals surface area contributed by atoms with Gasteiger partial charge in [-0.25, -0.2) is 0 Å². The predicted octanol–water partition coefficient (Wildman–Crippen LogP) is 2.48. The minimum Gasteiger partial charge on any atom is -0.497 e. The van der Waals surface area contributed by atoms with Crippen LogP contribution in [-0.2, 0) is 16.1 Å². The van der Waals surface area contributed by atoms with Gasteiger partial charge >= 0.3 is 5.97 Å². The molecule has 0 aliphatic rings. The number of hydrogen-bond donors (Lipinski definition) is 1. The number of carbonyl (C=O) groups excluding carboxylic acids is 1. The fourth-order valence-electron chi connectivity index (χ4n) is 2.05. The van der Waals surface area contributed by atoms with Crippen LogP contribution in [-0.4, -0.2) is 26.2 Å². The van der Waals surface area contributed by atoms with Crippen molar-refractivity contribution in [3.8, 4) is 5.75 Å². The normalized spacial score (nSPS) is 12.3. The highest BCUT2D eigenvalue weighted by Gasteiger charge is 2.16. The Morgan fingerprint density at radius 1 is 1.35 bits per heavy atom. The van der Waals surface area contributed by atoms with Crippen LogP contribution in [0.3, 0.4) is 0 Å². The molecule has 0 fully saturated rings. The summed E-state index contributed by atoms with van der Waals surface area (Å²) in [5.41, 5.74) is 0.800. The van der Waals surface area contributed by atoms with Crippen molar-refractivity contribution in [1.82, 2.24) is 5.32 Å². The molecule has 0 aliphatic carbocycles. The number of furan rings is 1. The third kappa shape index (κ3) is 3.11. The van der Waals surface area contributed by atoms with Crippen molar-refractivity contribution < 1.29 is 18.7 Å². The van der Waals surface area contributed by atoms with Crippen LogP contribution in [0, 0.1) is 0 Å². The summed E-state index contributed by atoms with van der Waals surface area (Å²) >= 11 is 0. The van der Waals surface area contributed by atoms with Gasteiger partial charge in [0.15, 0.2) is 0 Å². The van der Waals surface area contributed by atoms with E-state index in [0.29, 0.717) is 13.0 Å². The van der Waals surface area contributed by atoms with E-state index in [1.54, 1.807) is 7.11 Å². The van der Waals surface area contributed by atoms with E-state index in [9.17, 15) is 4.79 Å². The third-order valence-electron chi connectivity index (χ3n) is 3.19. The minimum absolute atomic E-state index is 0.259. The second-order valence-corrected chi connectivity index (χ2v) is 4.48. The van der Waals surface area contributed by atoms with Crippen LogP contribution in [0.4, 0.5) is 0 Å². The second kappa shape index (κ2) is 6.43. The maximum atomic E-state index is 11.5. The lowest BCUT2D eigenvalue weighted by atomic mass is 10.2. The summed E-state index contributed by atoms with van der Waals surface area (Å²) in [6, 6.07) is 7.26. The summed E-state index contributed by atoms with van der Waals surface area (Å²) in [7, 11) is 3.02. The minimum atomic E-state index is -0.317. The maximum absolute atomic E-state index is 11.5. The van der Waals surface area contributed by atoms with E-state index in [-0.39, 0.29) is 12.0 Å². The van der Waals surface area contributed by atoms with Gasteiger partial charge in [-0.05, 0) is 30.7 Å². The zero-order chi connectivity index (χ0) is 14.5. The highest BCUT2D eigenvalue weighted by molar-refractivity contribution is 5.79. The number of esters is 1. The summed E-state index contributed by atoms with van der Waals surface area (Å²) in [5, 5.41) is 4.11. The molecule has 108 valence electrons. The van der Waals surface area contributed by atoms with Crippen molar-refractivity contribution in [1.29, 1.82) is 0 Å². The highest BCUT2D eigenvalue weighted by atomic mass is 16.5. The number of rotatable bonds is 6. The lowest BCUT2D eigenvalue weighted by molar-refractivity contribution is -0.143. The topological polar surface area (TPSA) is 60.7 Å². The molecule has 5 heteroatoms.